The fourth-order valence-electron chi connectivity index (χ4n) is 3.41. The molecule has 2 aliphatic rings. The summed E-state index contributed by atoms with van der Waals surface area (Å²) in [4.78, 5) is 12.1. The summed E-state index contributed by atoms with van der Waals surface area (Å²) in [5.74, 6) is 1.94. The Kier molecular flexibility index (Phi) is 4.30. The van der Waals surface area contributed by atoms with Crippen LogP contribution in [0.5, 0.6) is 0 Å². The molecule has 1 unspecified atom stereocenters. The first-order valence-electron chi connectivity index (χ1n) is 8.76. The number of ether oxygens (including phenoxy) is 1. The monoisotopic (exact) mass is 326 g/mol. The van der Waals surface area contributed by atoms with Crippen LogP contribution >= 0.6 is 0 Å². The van der Waals surface area contributed by atoms with E-state index in [9.17, 15) is 4.79 Å². The number of amides is 1. The third kappa shape index (κ3) is 3.06. The first-order chi connectivity index (χ1) is 11.8. The lowest BCUT2D eigenvalue weighted by Gasteiger charge is -2.11. The van der Waals surface area contributed by atoms with Gasteiger partial charge in [0.15, 0.2) is 5.82 Å². The standard InChI is InChI=1S/C18H22N4O2/c23-18(15-5-4-12-24-15)19-14-9-7-13(8-10-14)17-21-20-16-6-2-1-3-11-22(16)17/h7-10,15H,1-6,11-12H2,(H,19,23). The van der Waals surface area contributed by atoms with Gasteiger partial charge in [0.1, 0.15) is 11.9 Å². The number of rotatable bonds is 3. The number of hydrogen-bond acceptors (Lipinski definition) is 4. The third-order valence-electron chi connectivity index (χ3n) is 4.74. The molecule has 0 spiro atoms. The number of hydrogen-bond donors (Lipinski definition) is 1. The second kappa shape index (κ2) is 6.73. The Balaban J connectivity index is 1.50. The van der Waals surface area contributed by atoms with Gasteiger partial charge in [-0.15, -0.1) is 10.2 Å². The van der Waals surface area contributed by atoms with E-state index < -0.39 is 0 Å². The van der Waals surface area contributed by atoms with E-state index in [2.05, 4.69) is 20.1 Å². The Hall–Kier alpha value is -2.21. The molecule has 126 valence electrons. The summed E-state index contributed by atoms with van der Waals surface area (Å²) >= 11 is 0. The highest BCUT2D eigenvalue weighted by atomic mass is 16.5. The van der Waals surface area contributed by atoms with E-state index in [0.717, 1.165) is 48.7 Å². The molecule has 1 aromatic heterocycles. The van der Waals surface area contributed by atoms with Gasteiger partial charge in [0.05, 0.1) is 0 Å². The minimum Gasteiger partial charge on any atom is -0.368 e. The number of benzene rings is 1. The van der Waals surface area contributed by atoms with Crippen LogP contribution in [0.4, 0.5) is 5.69 Å². The van der Waals surface area contributed by atoms with Crippen molar-refractivity contribution in [2.75, 3.05) is 11.9 Å². The predicted molar refractivity (Wildman–Crippen MR) is 90.6 cm³/mol. The largest absolute Gasteiger partial charge is 0.368 e. The highest BCUT2D eigenvalue weighted by molar-refractivity contribution is 5.94. The molecule has 3 heterocycles. The molecule has 1 saturated heterocycles. The van der Waals surface area contributed by atoms with Crippen LogP contribution in [0.1, 0.15) is 37.9 Å². The van der Waals surface area contributed by atoms with E-state index >= 15 is 0 Å². The number of aromatic nitrogens is 3. The van der Waals surface area contributed by atoms with E-state index in [1.165, 1.54) is 19.3 Å². The second-order valence-corrected chi connectivity index (χ2v) is 6.47. The fourth-order valence-corrected chi connectivity index (χ4v) is 3.41. The number of nitrogens with one attached hydrogen (secondary N) is 1. The molecule has 2 aliphatic heterocycles. The van der Waals surface area contributed by atoms with E-state index in [1.54, 1.807) is 0 Å². The Labute approximate surface area is 141 Å². The summed E-state index contributed by atoms with van der Waals surface area (Å²) in [5, 5.41) is 11.6. The van der Waals surface area contributed by atoms with Crippen LogP contribution < -0.4 is 5.32 Å². The Morgan fingerprint density at radius 3 is 2.79 bits per heavy atom. The minimum absolute atomic E-state index is 0.0587. The molecule has 6 heteroatoms. The maximum atomic E-state index is 12.1. The van der Waals surface area contributed by atoms with E-state index in [-0.39, 0.29) is 12.0 Å². The molecule has 1 N–H and O–H groups in total. The molecule has 1 fully saturated rings. The number of fused-ring (bicyclic) bond motifs is 1. The second-order valence-electron chi connectivity index (χ2n) is 6.47. The smallest absolute Gasteiger partial charge is 0.253 e. The summed E-state index contributed by atoms with van der Waals surface area (Å²) in [5.41, 5.74) is 1.82. The molecule has 0 aliphatic carbocycles. The number of aryl methyl sites for hydroxylation is 1. The molecule has 2 aromatic rings. The van der Waals surface area contributed by atoms with Crippen molar-refractivity contribution in [3.63, 3.8) is 0 Å². The molecule has 0 radical (unpaired) electrons. The van der Waals surface area contributed by atoms with Crippen LogP contribution in [0.15, 0.2) is 24.3 Å². The average molecular weight is 326 g/mol. The quantitative estimate of drug-likeness (QED) is 0.941. The Bertz CT molecular complexity index is 717. The third-order valence-corrected chi connectivity index (χ3v) is 4.74. The summed E-state index contributed by atoms with van der Waals surface area (Å²) in [6.45, 7) is 1.66. The van der Waals surface area contributed by atoms with Gasteiger partial charge in [-0.1, -0.05) is 6.42 Å². The summed E-state index contributed by atoms with van der Waals surface area (Å²) in [6, 6.07) is 7.82. The van der Waals surface area contributed by atoms with Gasteiger partial charge in [-0.3, -0.25) is 4.79 Å². The van der Waals surface area contributed by atoms with Crippen molar-refractivity contribution in [3.8, 4) is 11.4 Å². The van der Waals surface area contributed by atoms with Crippen molar-refractivity contribution < 1.29 is 9.53 Å². The van der Waals surface area contributed by atoms with Gasteiger partial charge in [-0.05, 0) is 49.9 Å². The van der Waals surface area contributed by atoms with E-state index in [0.29, 0.717) is 6.61 Å². The van der Waals surface area contributed by atoms with E-state index in [1.807, 2.05) is 24.3 Å². The number of anilines is 1. The maximum Gasteiger partial charge on any atom is 0.253 e. The van der Waals surface area contributed by atoms with Crippen LogP contribution in [0.2, 0.25) is 0 Å². The molecule has 6 nitrogen and oxygen atoms in total. The molecule has 0 bridgehead atoms. The molecule has 0 saturated carbocycles. The Morgan fingerprint density at radius 1 is 1.12 bits per heavy atom. The topological polar surface area (TPSA) is 69.0 Å². The van der Waals surface area contributed by atoms with Gasteiger partial charge < -0.3 is 14.6 Å². The molecular weight excluding hydrogens is 304 g/mol. The van der Waals surface area contributed by atoms with Gasteiger partial charge in [0.25, 0.3) is 5.91 Å². The zero-order valence-electron chi connectivity index (χ0n) is 13.7. The number of nitrogens with zero attached hydrogens (tertiary/aromatic N) is 3. The van der Waals surface area contributed by atoms with Crippen molar-refractivity contribution in [1.29, 1.82) is 0 Å². The summed E-state index contributed by atoms with van der Waals surface area (Å²) in [7, 11) is 0. The zero-order valence-corrected chi connectivity index (χ0v) is 13.7. The van der Waals surface area contributed by atoms with Crippen molar-refractivity contribution in [2.45, 2.75) is 51.2 Å². The minimum atomic E-state index is -0.308. The van der Waals surface area contributed by atoms with Gasteiger partial charge in [0, 0.05) is 30.8 Å². The van der Waals surface area contributed by atoms with Crippen molar-refractivity contribution in [1.82, 2.24) is 14.8 Å². The highest BCUT2D eigenvalue weighted by Gasteiger charge is 2.23. The van der Waals surface area contributed by atoms with Crippen molar-refractivity contribution in [2.24, 2.45) is 0 Å². The SMILES string of the molecule is O=C(Nc1ccc(-c2nnc3n2CCCCC3)cc1)C1CCCO1. The predicted octanol–water partition coefficient (Wildman–Crippen LogP) is 2.79. The lowest BCUT2D eigenvalue weighted by molar-refractivity contribution is -0.124. The number of carbonyl (C=O) groups excluding carboxylic acids is 1. The van der Waals surface area contributed by atoms with Crippen LogP contribution in [0.3, 0.4) is 0 Å². The first kappa shape index (κ1) is 15.3. The van der Waals surface area contributed by atoms with Crippen LogP contribution in [-0.4, -0.2) is 33.4 Å². The highest BCUT2D eigenvalue weighted by Crippen LogP contribution is 2.24. The van der Waals surface area contributed by atoms with Gasteiger partial charge in [-0.2, -0.15) is 0 Å². The molecule has 24 heavy (non-hydrogen) atoms. The van der Waals surface area contributed by atoms with Gasteiger partial charge in [-0.25, -0.2) is 0 Å². The lowest BCUT2D eigenvalue weighted by Crippen LogP contribution is -2.26. The maximum absolute atomic E-state index is 12.1. The summed E-state index contributed by atoms with van der Waals surface area (Å²) < 4.78 is 7.64. The molecule has 1 aromatic carbocycles. The van der Waals surface area contributed by atoms with Crippen LogP contribution in [-0.2, 0) is 22.5 Å². The molecular formula is C18H22N4O2. The Morgan fingerprint density at radius 2 is 2.00 bits per heavy atom. The number of carbonyl (C=O) groups is 1. The zero-order chi connectivity index (χ0) is 16.4. The lowest BCUT2D eigenvalue weighted by atomic mass is 10.1. The van der Waals surface area contributed by atoms with Crippen LogP contribution in [0, 0.1) is 0 Å². The normalized spacial score (nSPS) is 20.4. The first-order valence-corrected chi connectivity index (χ1v) is 8.76. The molecule has 1 atom stereocenters. The van der Waals surface area contributed by atoms with Gasteiger partial charge >= 0.3 is 0 Å². The van der Waals surface area contributed by atoms with Crippen molar-refractivity contribution in [3.05, 3.63) is 30.1 Å². The average Bonchev–Trinajstić information content (AvgIpc) is 3.22. The van der Waals surface area contributed by atoms with Crippen LogP contribution in [0.25, 0.3) is 11.4 Å². The van der Waals surface area contributed by atoms with Gasteiger partial charge in [0.2, 0.25) is 0 Å². The summed E-state index contributed by atoms with van der Waals surface area (Å²) in [6.07, 6.45) is 6.06. The fraction of sp³-hybridized carbons (Fsp3) is 0.500. The van der Waals surface area contributed by atoms with E-state index in [4.69, 9.17) is 4.74 Å². The molecule has 4 rings (SSSR count). The molecule has 1 amide bonds. The van der Waals surface area contributed by atoms with Crippen molar-refractivity contribution >= 4 is 11.6 Å².